The van der Waals surface area contributed by atoms with Crippen molar-refractivity contribution < 1.29 is 13.6 Å². The zero-order valence-corrected chi connectivity index (χ0v) is 12.8. The van der Waals surface area contributed by atoms with E-state index in [1.165, 1.54) is 17.2 Å². The molecule has 24 heavy (non-hydrogen) atoms. The van der Waals surface area contributed by atoms with E-state index in [-0.39, 0.29) is 25.1 Å². The Balaban J connectivity index is 1.95. The summed E-state index contributed by atoms with van der Waals surface area (Å²) in [6, 6.07) is 14.0. The Morgan fingerprint density at radius 1 is 1.21 bits per heavy atom. The van der Waals surface area contributed by atoms with Gasteiger partial charge < -0.3 is 13.7 Å². The van der Waals surface area contributed by atoms with Crippen LogP contribution in [0.4, 0.5) is 0 Å². The summed E-state index contributed by atoms with van der Waals surface area (Å²) in [7, 11) is 0. The third-order valence-corrected chi connectivity index (χ3v) is 3.58. The maximum atomic E-state index is 12.8. The molecule has 0 aliphatic heterocycles. The minimum Gasteiger partial charge on any atom is -0.467 e. The summed E-state index contributed by atoms with van der Waals surface area (Å²) in [6.07, 6.45) is 1.66. The number of hydrogen-bond donors (Lipinski definition) is 0. The number of nitrogens with zero attached hydrogens (tertiary/aromatic N) is 2. The number of carbonyl (C=O) groups is 1. The van der Waals surface area contributed by atoms with E-state index in [1.54, 1.807) is 36.4 Å². The summed E-state index contributed by atoms with van der Waals surface area (Å²) in [4.78, 5) is 26.3. The van der Waals surface area contributed by atoms with E-state index in [0.29, 0.717) is 16.7 Å². The van der Waals surface area contributed by atoms with Gasteiger partial charge in [-0.15, -0.1) is 0 Å². The van der Waals surface area contributed by atoms with Gasteiger partial charge in [-0.05, 0) is 24.3 Å². The molecule has 0 saturated heterocycles. The highest BCUT2D eigenvalue weighted by atomic mass is 16.4. The molecule has 120 valence electrons. The number of fused-ring (bicyclic) bond motifs is 1. The molecule has 6 nitrogen and oxygen atoms in total. The third kappa shape index (κ3) is 3.20. The van der Waals surface area contributed by atoms with Gasteiger partial charge in [0, 0.05) is 11.9 Å². The summed E-state index contributed by atoms with van der Waals surface area (Å²) in [5.74, 6) is 0.0904. The van der Waals surface area contributed by atoms with Crippen LogP contribution in [0.1, 0.15) is 22.5 Å². The number of amides is 1. The summed E-state index contributed by atoms with van der Waals surface area (Å²) in [5, 5.41) is 9.46. The molecule has 0 fully saturated rings. The molecule has 0 atom stereocenters. The van der Waals surface area contributed by atoms with Crippen LogP contribution in [0.3, 0.4) is 0 Å². The van der Waals surface area contributed by atoms with Crippen LogP contribution in [0, 0.1) is 11.3 Å². The Kier molecular flexibility index (Phi) is 4.43. The molecular formula is C18H14N2O4. The molecule has 2 heterocycles. The Bertz CT molecular complexity index is 951. The molecular weight excluding hydrogens is 308 g/mol. The average molecular weight is 322 g/mol. The van der Waals surface area contributed by atoms with Crippen molar-refractivity contribution in [1.82, 2.24) is 4.90 Å². The van der Waals surface area contributed by atoms with Gasteiger partial charge in [0.25, 0.3) is 5.91 Å². The van der Waals surface area contributed by atoms with Gasteiger partial charge in [-0.2, -0.15) is 5.26 Å². The number of carbonyl (C=O) groups excluding carboxylic acids is 1. The molecule has 3 aromatic rings. The van der Waals surface area contributed by atoms with Gasteiger partial charge in [-0.1, -0.05) is 18.2 Å². The monoisotopic (exact) mass is 322 g/mol. The highest BCUT2D eigenvalue weighted by Crippen LogP contribution is 2.15. The standard InChI is InChI=1S/C18H14N2O4/c19-8-4-9-20(12-14-6-3-10-23-14)17(21)15-11-13-5-1-2-7-16(13)24-18(15)22/h1-3,5-7,10-11H,4,9,12H2. The second-order valence-corrected chi connectivity index (χ2v) is 5.20. The smallest absolute Gasteiger partial charge is 0.349 e. The molecule has 0 saturated carbocycles. The fourth-order valence-corrected chi connectivity index (χ4v) is 2.41. The lowest BCUT2D eigenvalue weighted by atomic mass is 10.1. The highest BCUT2D eigenvalue weighted by Gasteiger charge is 2.21. The van der Waals surface area contributed by atoms with Crippen molar-refractivity contribution in [2.45, 2.75) is 13.0 Å². The molecule has 0 N–H and O–H groups in total. The SMILES string of the molecule is N#CCCN(Cc1ccco1)C(=O)c1cc2ccccc2oc1=O. The fraction of sp³-hybridized carbons (Fsp3) is 0.167. The lowest BCUT2D eigenvalue weighted by Crippen LogP contribution is -2.34. The second-order valence-electron chi connectivity index (χ2n) is 5.20. The molecule has 3 rings (SSSR count). The van der Waals surface area contributed by atoms with E-state index in [2.05, 4.69) is 0 Å². The predicted molar refractivity (Wildman–Crippen MR) is 86.2 cm³/mol. The number of furan rings is 1. The Hall–Kier alpha value is -3.33. The van der Waals surface area contributed by atoms with E-state index in [9.17, 15) is 9.59 Å². The van der Waals surface area contributed by atoms with Crippen LogP contribution in [0.2, 0.25) is 0 Å². The lowest BCUT2D eigenvalue weighted by molar-refractivity contribution is 0.0731. The minimum atomic E-state index is -0.694. The van der Waals surface area contributed by atoms with Crippen LogP contribution in [-0.4, -0.2) is 17.4 Å². The Morgan fingerprint density at radius 3 is 2.79 bits per heavy atom. The lowest BCUT2D eigenvalue weighted by Gasteiger charge is -2.20. The quantitative estimate of drug-likeness (QED) is 0.674. The van der Waals surface area contributed by atoms with Crippen molar-refractivity contribution in [2.24, 2.45) is 0 Å². The predicted octanol–water partition coefficient (Wildman–Crippen LogP) is 2.94. The summed E-state index contributed by atoms with van der Waals surface area (Å²) in [6.45, 7) is 0.377. The van der Waals surface area contributed by atoms with Crippen LogP contribution in [0.5, 0.6) is 0 Å². The first kappa shape index (κ1) is 15.6. The van der Waals surface area contributed by atoms with Gasteiger partial charge in [-0.3, -0.25) is 4.79 Å². The van der Waals surface area contributed by atoms with Crippen LogP contribution < -0.4 is 5.63 Å². The molecule has 0 radical (unpaired) electrons. The molecule has 0 unspecified atom stereocenters. The van der Waals surface area contributed by atoms with Crippen LogP contribution >= 0.6 is 0 Å². The van der Waals surface area contributed by atoms with Gasteiger partial charge in [-0.25, -0.2) is 4.79 Å². The van der Waals surface area contributed by atoms with Crippen LogP contribution in [0.25, 0.3) is 11.0 Å². The second kappa shape index (κ2) is 6.84. The minimum absolute atomic E-state index is 0.0572. The molecule has 1 aromatic carbocycles. The molecule has 0 aliphatic carbocycles. The van der Waals surface area contributed by atoms with Gasteiger partial charge in [0.2, 0.25) is 0 Å². The molecule has 6 heteroatoms. The van der Waals surface area contributed by atoms with Crippen molar-refractivity contribution in [3.8, 4) is 6.07 Å². The van der Waals surface area contributed by atoms with Gasteiger partial charge in [0.15, 0.2) is 0 Å². The normalized spacial score (nSPS) is 10.5. The first-order chi connectivity index (χ1) is 11.7. The summed E-state index contributed by atoms with van der Waals surface area (Å²) >= 11 is 0. The van der Waals surface area contributed by atoms with Gasteiger partial charge in [0.1, 0.15) is 16.9 Å². The number of para-hydroxylation sites is 1. The highest BCUT2D eigenvalue weighted by molar-refractivity contribution is 5.96. The first-order valence-electron chi connectivity index (χ1n) is 7.40. The van der Waals surface area contributed by atoms with Crippen molar-refractivity contribution in [3.63, 3.8) is 0 Å². The maximum Gasteiger partial charge on any atom is 0.349 e. The van der Waals surface area contributed by atoms with Crippen LogP contribution in [-0.2, 0) is 6.54 Å². The van der Waals surface area contributed by atoms with E-state index in [0.717, 1.165) is 0 Å². The third-order valence-electron chi connectivity index (χ3n) is 3.58. The van der Waals surface area contributed by atoms with Crippen LogP contribution in [0.15, 0.2) is 62.4 Å². The number of benzene rings is 1. The molecule has 1 amide bonds. The molecule has 2 aromatic heterocycles. The average Bonchev–Trinajstić information content (AvgIpc) is 3.10. The van der Waals surface area contributed by atoms with E-state index < -0.39 is 11.5 Å². The van der Waals surface area contributed by atoms with E-state index >= 15 is 0 Å². The topological polar surface area (TPSA) is 87.4 Å². The van der Waals surface area contributed by atoms with Crippen molar-refractivity contribution >= 4 is 16.9 Å². The van der Waals surface area contributed by atoms with Gasteiger partial charge in [0.05, 0.1) is 25.3 Å². The zero-order valence-electron chi connectivity index (χ0n) is 12.8. The van der Waals surface area contributed by atoms with E-state index in [1.807, 2.05) is 6.07 Å². The van der Waals surface area contributed by atoms with Crippen molar-refractivity contribution in [2.75, 3.05) is 6.54 Å². The number of rotatable bonds is 5. The Morgan fingerprint density at radius 2 is 2.04 bits per heavy atom. The molecule has 0 aliphatic rings. The fourth-order valence-electron chi connectivity index (χ4n) is 2.41. The number of hydrogen-bond acceptors (Lipinski definition) is 5. The Labute approximate surface area is 137 Å². The zero-order chi connectivity index (χ0) is 16.9. The van der Waals surface area contributed by atoms with Gasteiger partial charge >= 0.3 is 5.63 Å². The largest absolute Gasteiger partial charge is 0.467 e. The van der Waals surface area contributed by atoms with Crippen molar-refractivity contribution in [1.29, 1.82) is 5.26 Å². The summed E-state index contributed by atoms with van der Waals surface area (Å²) in [5.41, 5.74) is -0.327. The van der Waals surface area contributed by atoms with E-state index in [4.69, 9.17) is 14.1 Å². The molecule has 0 bridgehead atoms. The maximum absolute atomic E-state index is 12.8. The number of nitriles is 1. The van der Waals surface area contributed by atoms with Crippen molar-refractivity contribution in [3.05, 3.63) is 70.5 Å². The molecule has 0 spiro atoms. The first-order valence-corrected chi connectivity index (χ1v) is 7.40. The summed E-state index contributed by atoms with van der Waals surface area (Å²) < 4.78 is 10.5.